The first-order valence-corrected chi connectivity index (χ1v) is 10.5. The van der Waals surface area contributed by atoms with E-state index in [0.717, 1.165) is 6.07 Å². The van der Waals surface area contributed by atoms with Crippen LogP contribution in [0.5, 0.6) is 0 Å². The molecule has 2 N–H and O–H groups in total. The van der Waals surface area contributed by atoms with E-state index in [9.17, 15) is 22.4 Å². The minimum Gasteiger partial charge on any atom is -0.336 e. The van der Waals surface area contributed by atoms with Crippen molar-refractivity contribution < 1.29 is 22.4 Å². The van der Waals surface area contributed by atoms with Crippen LogP contribution in [0, 0.1) is 5.82 Å². The number of rotatable bonds is 4. The lowest BCUT2D eigenvalue weighted by Crippen LogP contribution is -2.53. The van der Waals surface area contributed by atoms with Crippen molar-refractivity contribution in [2.45, 2.75) is 10.9 Å². The summed E-state index contributed by atoms with van der Waals surface area (Å²) < 4.78 is 41.3. The summed E-state index contributed by atoms with van der Waals surface area (Å²) >= 11 is 0. The number of sulfonamides is 1. The number of carbonyl (C=O) groups excluding carboxylic acids is 2. The number of halogens is 1. The third-order valence-electron chi connectivity index (χ3n) is 5.03. The Morgan fingerprint density at radius 1 is 1.14 bits per heavy atom. The molecular weight excluding hydrogens is 399 g/mol. The molecule has 0 aliphatic carbocycles. The number of nitrogens with one attached hydrogen (secondary N) is 2. The second kappa shape index (κ2) is 7.36. The topological polar surface area (TPSA) is 98.8 Å². The predicted molar refractivity (Wildman–Crippen MR) is 103 cm³/mol. The molecule has 0 bridgehead atoms. The van der Waals surface area contributed by atoms with Crippen molar-refractivity contribution in [1.29, 1.82) is 0 Å². The van der Waals surface area contributed by atoms with E-state index in [-0.39, 0.29) is 34.1 Å². The molecule has 2 saturated heterocycles. The van der Waals surface area contributed by atoms with E-state index in [4.69, 9.17) is 0 Å². The van der Waals surface area contributed by atoms with Gasteiger partial charge in [0.25, 0.3) is 15.9 Å². The van der Waals surface area contributed by atoms with E-state index in [2.05, 4.69) is 10.0 Å². The van der Waals surface area contributed by atoms with E-state index in [1.165, 1.54) is 42.5 Å². The Morgan fingerprint density at radius 2 is 1.93 bits per heavy atom. The van der Waals surface area contributed by atoms with Crippen LogP contribution in [0.1, 0.15) is 10.4 Å². The second-order valence-electron chi connectivity index (χ2n) is 6.90. The van der Waals surface area contributed by atoms with Gasteiger partial charge in [-0.2, -0.15) is 0 Å². The summed E-state index contributed by atoms with van der Waals surface area (Å²) in [6.07, 6.45) is 0. The van der Waals surface area contributed by atoms with E-state index >= 15 is 0 Å². The number of urea groups is 1. The summed E-state index contributed by atoms with van der Waals surface area (Å²) in [6, 6.07) is 10.9. The van der Waals surface area contributed by atoms with Gasteiger partial charge in [-0.15, -0.1) is 0 Å². The molecular formula is C19H19FN4O4S. The van der Waals surface area contributed by atoms with Gasteiger partial charge in [0.05, 0.1) is 16.6 Å². The fraction of sp³-hybridized carbons (Fsp3) is 0.263. The van der Waals surface area contributed by atoms with Crippen LogP contribution in [0.2, 0.25) is 0 Å². The molecule has 2 aromatic carbocycles. The highest BCUT2D eigenvalue weighted by atomic mass is 32.2. The molecule has 0 unspecified atom stereocenters. The van der Waals surface area contributed by atoms with Gasteiger partial charge in [-0.25, -0.2) is 17.6 Å². The molecule has 2 aromatic rings. The Balaban J connectivity index is 1.53. The monoisotopic (exact) mass is 418 g/mol. The van der Waals surface area contributed by atoms with Crippen LogP contribution in [0.15, 0.2) is 53.4 Å². The van der Waals surface area contributed by atoms with Crippen LogP contribution in [0.3, 0.4) is 0 Å². The molecule has 2 aliphatic rings. The van der Waals surface area contributed by atoms with Gasteiger partial charge >= 0.3 is 6.03 Å². The first-order chi connectivity index (χ1) is 13.8. The zero-order valence-corrected chi connectivity index (χ0v) is 16.2. The Morgan fingerprint density at radius 3 is 2.72 bits per heavy atom. The maximum Gasteiger partial charge on any atom is 0.317 e. The van der Waals surface area contributed by atoms with Crippen molar-refractivity contribution in [2.24, 2.45) is 0 Å². The second-order valence-corrected chi connectivity index (χ2v) is 8.58. The molecule has 0 saturated carbocycles. The number of hydrogen-bond donors (Lipinski definition) is 2. The largest absolute Gasteiger partial charge is 0.336 e. The molecule has 2 aliphatic heterocycles. The summed E-state index contributed by atoms with van der Waals surface area (Å²) in [4.78, 5) is 27.8. The van der Waals surface area contributed by atoms with Gasteiger partial charge in [0.1, 0.15) is 5.82 Å². The maximum atomic E-state index is 13.8. The molecule has 8 nitrogen and oxygen atoms in total. The summed E-state index contributed by atoms with van der Waals surface area (Å²) in [7, 11) is -4.07. The SMILES string of the molecule is O=C(c1cccc(S(=O)(=O)Nc2ccccc2F)c1)N1CCN2C(=O)NC[C@@H]2C1. The Kier molecular flexibility index (Phi) is 4.87. The third kappa shape index (κ3) is 3.75. The number of anilines is 1. The molecule has 4 rings (SSSR count). The van der Waals surface area contributed by atoms with Crippen molar-refractivity contribution in [3.8, 4) is 0 Å². The molecule has 0 spiro atoms. The molecule has 2 heterocycles. The van der Waals surface area contributed by atoms with Crippen molar-refractivity contribution >= 4 is 27.6 Å². The Hall–Kier alpha value is -3.14. The van der Waals surface area contributed by atoms with Crippen molar-refractivity contribution in [1.82, 2.24) is 15.1 Å². The van der Waals surface area contributed by atoms with Crippen molar-refractivity contribution in [3.05, 3.63) is 59.9 Å². The molecule has 1 atom stereocenters. The number of hydrogen-bond acceptors (Lipinski definition) is 4. The van der Waals surface area contributed by atoms with Gasteiger partial charge in [-0.1, -0.05) is 18.2 Å². The van der Waals surface area contributed by atoms with Crippen LogP contribution in [-0.4, -0.2) is 62.4 Å². The van der Waals surface area contributed by atoms with Gasteiger partial charge in [0.2, 0.25) is 0 Å². The molecule has 0 aromatic heterocycles. The number of para-hydroxylation sites is 1. The summed E-state index contributed by atoms with van der Waals surface area (Å²) in [5.74, 6) is -1.01. The van der Waals surface area contributed by atoms with Gasteiger partial charge in [-0.05, 0) is 30.3 Å². The summed E-state index contributed by atoms with van der Waals surface area (Å²) in [6.45, 7) is 1.65. The minimum absolute atomic E-state index is 0.0881. The van der Waals surface area contributed by atoms with Crippen molar-refractivity contribution in [3.63, 3.8) is 0 Å². The molecule has 152 valence electrons. The van der Waals surface area contributed by atoms with Gasteiger partial charge in [-0.3, -0.25) is 9.52 Å². The van der Waals surface area contributed by atoms with Crippen LogP contribution < -0.4 is 10.0 Å². The number of nitrogens with zero attached hydrogens (tertiary/aromatic N) is 2. The highest BCUT2D eigenvalue weighted by Gasteiger charge is 2.37. The highest BCUT2D eigenvalue weighted by Crippen LogP contribution is 2.21. The van der Waals surface area contributed by atoms with Gasteiger partial charge in [0.15, 0.2) is 0 Å². The quantitative estimate of drug-likeness (QED) is 0.786. The van der Waals surface area contributed by atoms with E-state index in [1.54, 1.807) is 9.80 Å². The molecule has 29 heavy (non-hydrogen) atoms. The number of benzene rings is 2. The Labute approximate surface area is 167 Å². The Bertz CT molecular complexity index is 1080. The lowest BCUT2D eigenvalue weighted by molar-refractivity contribution is 0.0616. The average Bonchev–Trinajstić information content (AvgIpc) is 3.09. The number of amides is 3. The first-order valence-electron chi connectivity index (χ1n) is 9.06. The van der Waals surface area contributed by atoms with Crippen LogP contribution >= 0.6 is 0 Å². The third-order valence-corrected chi connectivity index (χ3v) is 6.39. The normalized spacial score (nSPS) is 18.9. The molecule has 3 amide bonds. The summed E-state index contributed by atoms with van der Waals surface area (Å²) in [5.41, 5.74) is 0.0471. The lowest BCUT2D eigenvalue weighted by atomic mass is 10.1. The van der Waals surface area contributed by atoms with Crippen LogP contribution in [0.25, 0.3) is 0 Å². The lowest BCUT2D eigenvalue weighted by Gasteiger charge is -2.36. The van der Waals surface area contributed by atoms with Crippen LogP contribution in [-0.2, 0) is 10.0 Å². The average molecular weight is 418 g/mol. The zero-order chi connectivity index (χ0) is 20.6. The number of carbonyl (C=O) groups is 2. The van der Waals surface area contributed by atoms with E-state index in [0.29, 0.717) is 26.2 Å². The van der Waals surface area contributed by atoms with E-state index < -0.39 is 15.8 Å². The maximum absolute atomic E-state index is 13.8. The zero-order valence-electron chi connectivity index (χ0n) is 15.3. The first kappa shape index (κ1) is 19.2. The van der Waals surface area contributed by atoms with E-state index in [1.807, 2.05) is 0 Å². The molecule has 2 fully saturated rings. The van der Waals surface area contributed by atoms with Crippen molar-refractivity contribution in [2.75, 3.05) is 30.9 Å². The molecule has 10 heteroatoms. The van der Waals surface area contributed by atoms with Gasteiger partial charge < -0.3 is 15.1 Å². The molecule has 0 radical (unpaired) electrons. The fourth-order valence-electron chi connectivity index (χ4n) is 3.52. The van der Waals surface area contributed by atoms with Crippen LogP contribution in [0.4, 0.5) is 14.9 Å². The summed E-state index contributed by atoms with van der Waals surface area (Å²) in [5, 5.41) is 2.75. The highest BCUT2D eigenvalue weighted by molar-refractivity contribution is 7.92. The number of fused-ring (bicyclic) bond motifs is 1. The fourth-order valence-corrected chi connectivity index (χ4v) is 4.63. The number of piperazine rings is 1. The predicted octanol–water partition coefficient (Wildman–Crippen LogP) is 1.48. The van der Waals surface area contributed by atoms with Gasteiger partial charge in [0, 0.05) is 31.7 Å². The minimum atomic E-state index is -4.07. The standard InChI is InChI=1S/C19H19FN4O4S/c20-16-6-1-2-7-17(16)22-29(27,28)15-5-3-4-13(10-15)18(25)23-8-9-24-14(12-23)11-21-19(24)26/h1-7,10,14,22H,8-9,11-12H2,(H,21,26)/t14-/m1/s1. The smallest absolute Gasteiger partial charge is 0.317 e.